The first-order chi connectivity index (χ1) is 6.79. The number of hydrogen-bond donors (Lipinski definition) is 1. The highest BCUT2D eigenvalue weighted by atomic mass is 15.3. The van der Waals surface area contributed by atoms with Crippen molar-refractivity contribution in [2.24, 2.45) is 0 Å². The van der Waals surface area contributed by atoms with Gasteiger partial charge in [0.05, 0.1) is 0 Å². The molecule has 1 saturated heterocycles. The average Bonchev–Trinajstić information content (AvgIpc) is 3.02. The Balaban J connectivity index is 1.67. The molecule has 1 aliphatic carbocycles. The van der Waals surface area contributed by atoms with Gasteiger partial charge in [0.15, 0.2) is 0 Å². The van der Waals surface area contributed by atoms with Crippen LogP contribution >= 0.6 is 0 Å². The third kappa shape index (κ3) is 2.69. The lowest BCUT2D eigenvalue weighted by atomic mass is 10.2. The monoisotopic (exact) mass is 197 g/mol. The van der Waals surface area contributed by atoms with Gasteiger partial charge in [-0.05, 0) is 26.8 Å². The summed E-state index contributed by atoms with van der Waals surface area (Å²) in [7, 11) is 2.05. The van der Waals surface area contributed by atoms with E-state index >= 15 is 0 Å². The molecule has 0 radical (unpaired) electrons. The molecule has 2 rings (SSSR count). The summed E-state index contributed by atoms with van der Waals surface area (Å²) in [5, 5.41) is 3.30. The van der Waals surface area contributed by atoms with Crippen molar-refractivity contribution in [3.8, 4) is 0 Å². The Morgan fingerprint density at radius 1 is 1.21 bits per heavy atom. The molecule has 14 heavy (non-hydrogen) atoms. The summed E-state index contributed by atoms with van der Waals surface area (Å²) in [5.74, 6) is 0. The Labute approximate surface area is 87.4 Å². The minimum absolute atomic E-state index is 0.627. The fraction of sp³-hybridized carbons (Fsp3) is 1.00. The number of rotatable bonds is 4. The van der Waals surface area contributed by atoms with Crippen molar-refractivity contribution in [2.45, 2.75) is 31.8 Å². The van der Waals surface area contributed by atoms with E-state index in [4.69, 9.17) is 0 Å². The van der Waals surface area contributed by atoms with Gasteiger partial charge in [-0.3, -0.25) is 9.80 Å². The molecule has 3 nitrogen and oxygen atoms in total. The van der Waals surface area contributed by atoms with Gasteiger partial charge in [-0.1, -0.05) is 0 Å². The molecule has 0 aromatic heterocycles. The van der Waals surface area contributed by atoms with Crippen LogP contribution in [0.15, 0.2) is 0 Å². The van der Waals surface area contributed by atoms with Crippen LogP contribution in [-0.2, 0) is 0 Å². The van der Waals surface area contributed by atoms with Crippen LogP contribution in [0.25, 0.3) is 0 Å². The number of nitrogens with zero attached hydrogens (tertiary/aromatic N) is 2. The van der Waals surface area contributed by atoms with E-state index in [-0.39, 0.29) is 0 Å². The van der Waals surface area contributed by atoms with E-state index in [1.54, 1.807) is 0 Å². The molecule has 1 saturated carbocycles. The highest BCUT2D eigenvalue weighted by Crippen LogP contribution is 2.27. The smallest absolute Gasteiger partial charge is 0.0163 e. The number of likely N-dealkylation sites (N-methyl/N-ethyl adjacent to an activating group) is 1. The predicted octanol–water partition coefficient (Wildman–Crippen LogP) is 0.374. The number of nitrogens with one attached hydrogen (secondary N) is 1. The molecule has 3 heteroatoms. The second-order valence-electron chi connectivity index (χ2n) is 4.76. The van der Waals surface area contributed by atoms with Crippen LogP contribution < -0.4 is 5.32 Å². The normalized spacial score (nSPS) is 27.9. The van der Waals surface area contributed by atoms with E-state index < -0.39 is 0 Å². The Morgan fingerprint density at radius 2 is 1.86 bits per heavy atom. The maximum atomic E-state index is 3.30. The van der Waals surface area contributed by atoms with Crippen molar-refractivity contribution in [1.82, 2.24) is 15.1 Å². The Hall–Kier alpha value is -0.120. The maximum Gasteiger partial charge on any atom is 0.0163 e. The molecule has 1 N–H and O–H groups in total. The van der Waals surface area contributed by atoms with Crippen LogP contribution in [-0.4, -0.2) is 61.7 Å². The van der Waals surface area contributed by atoms with Crippen molar-refractivity contribution in [2.75, 3.05) is 39.8 Å². The van der Waals surface area contributed by atoms with Crippen molar-refractivity contribution >= 4 is 0 Å². The van der Waals surface area contributed by atoms with Crippen LogP contribution in [0, 0.1) is 0 Å². The molecule has 1 atom stereocenters. The molecule has 1 aliphatic heterocycles. The summed E-state index contributed by atoms with van der Waals surface area (Å²) in [5.41, 5.74) is 0. The maximum absolute atomic E-state index is 3.30. The van der Waals surface area contributed by atoms with Gasteiger partial charge in [-0.15, -0.1) is 0 Å². The second-order valence-corrected chi connectivity index (χ2v) is 4.76. The first-order valence-electron chi connectivity index (χ1n) is 5.93. The summed E-state index contributed by atoms with van der Waals surface area (Å²) >= 11 is 0. The molecule has 0 aromatic rings. The first kappa shape index (κ1) is 10.4. The van der Waals surface area contributed by atoms with E-state index in [1.165, 1.54) is 45.6 Å². The fourth-order valence-electron chi connectivity index (χ4n) is 2.23. The molecule has 2 fully saturated rings. The van der Waals surface area contributed by atoms with Gasteiger partial charge >= 0.3 is 0 Å². The molecule has 0 bridgehead atoms. The first-order valence-corrected chi connectivity index (χ1v) is 5.93. The van der Waals surface area contributed by atoms with Crippen LogP contribution in [0.5, 0.6) is 0 Å². The summed E-state index contributed by atoms with van der Waals surface area (Å²) in [6.07, 6.45) is 2.90. The van der Waals surface area contributed by atoms with E-state index in [2.05, 4.69) is 22.0 Å². The number of hydrogen-bond acceptors (Lipinski definition) is 3. The lowest BCUT2D eigenvalue weighted by Crippen LogP contribution is -2.50. The Morgan fingerprint density at radius 3 is 2.36 bits per heavy atom. The SMILES string of the molecule is CNC(C)CN1CCN(C2CC2)CC1. The zero-order chi connectivity index (χ0) is 9.97. The number of piperazine rings is 1. The van der Waals surface area contributed by atoms with E-state index in [0.717, 1.165) is 6.04 Å². The van der Waals surface area contributed by atoms with Crippen LogP contribution in [0.2, 0.25) is 0 Å². The van der Waals surface area contributed by atoms with Gasteiger partial charge in [0, 0.05) is 44.8 Å². The van der Waals surface area contributed by atoms with Gasteiger partial charge in [-0.2, -0.15) is 0 Å². The molecule has 0 amide bonds. The van der Waals surface area contributed by atoms with Crippen LogP contribution in [0.3, 0.4) is 0 Å². The zero-order valence-corrected chi connectivity index (χ0v) is 9.50. The standard InChI is InChI=1S/C11H23N3/c1-10(12-2)9-13-5-7-14(8-6-13)11-3-4-11/h10-12H,3-9H2,1-2H3. The van der Waals surface area contributed by atoms with Crippen molar-refractivity contribution in [3.05, 3.63) is 0 Å². The summed E-state index contributed by atoms with van der Waals surface area (Å²) in [4.78, 5) is 5.25. The quantitative estimate of drug-likeness (QED) is 0.703. The Kier molecular flexibility index (Phi) is 3.42. The molecule has 2 aliphatic rings. The van der Waals surface area contributed by atoms with Crippen molar-refractivity contribution in [1.29, 1.82) is 0 Å². The van der Waals surface area contributed by atoms with Gasteiger partial charge in [-0.25, -0.2) is 0 Å². The van der Waals surface area contributed by atoms with Crippen LogP contribution in [0.4, 0.5) is 0 Å². The predicted molar refractivity (Wildman–Crippen MR) is 59.6 cm³/mol. The van der Waals surface area contributed by atoms with Crippen molar-refractivity contribution < 1.29 is 0 Å². The molecule has 0 spiro atoms. The second kappa shape index (κ2) is 4.60. The van der Waals surface area contributed by atoms with E-state index in [0.29, 0.717) is 6.04 Å². The molecule has 82 valence electrons. The molecular weight excluding hydrogens is 174 g/mol. The largest absolute Gasteiger partial charge is 0.316 e. The highest BCUT2D eigenvalue weighted by molar-refractivity contribution is 4.87. The summed E-state index contributed by atoms with van der Waals surface area (Å²) in [6.45, 7) is 8.58. The van der Waals surface area contributed by atoms with Gasteiger partial charge < -0.3 is 5.32 Å². The fourth-order valence-corrected chi connectivity index (χ4v) is 2.23. The van der Waals surface area contributed by atoms with Gasteiger partial charge in [0.25, 0.3) is 0 Å². The van der Waals surface area contributed by atoms with E-state index in [1.807, 2.05) is 7.05 Å². The third-order valence-electron chi connectivity index (χ3n) is 3.50. The van der Waals surface area contributed by atoms with Crippen LogP contribution in [0.1, 0.15) is 19.8 Å². The lowest BCUT2D eigenvalue weighted by molar-refractivity contribution is 0.120. The Bertz CT molecular complexity index is 171. The summed E-state index contributed by atoms with van der Waals surface area (Å²) < 4.78 is 0. The highest BCUT2D eigenvalue weighted by Gasteiger charge is 2.31. The lowest BCUT2D eigenvalue weighted by Gasteiger charge is -2.35. The molecule has 1 unspecified atom stereocenters. The van der Waals surface area contributed by atoms with Gasteiger partial charge in [0.1, 0.15) is 0 Å². The third-order valence-corrected chi connectivity index (χ3v) is 3.50. The molecular formula is C11H23N3. The van der Waals surface area contributed by atoms with E-state index in [9.17, 15) is 0 Å². The summed E-state index contributed by atoms with van der Waals surface area (Å²) in [6, 6.07) is 1.58. The minimum Gasteiger partial charge on any atom is -0.316 e. The molecule has 1 heterocycles. The average molecular weight is 197 g/mol. The van der Waals surface area contributed by atoms with Gasteiger partial charge in [0.2, 0.25) is 0 Å². The van der Waals surface area contributed by atoms with Crippen molar-refractivity contribution in [3.63, 3.8) is 0 Å². The zero-order valence-electron chi connectivity index (χ0n) is 9.50. The minimum atomic E-state index is 0.627. The molecule has 0 aromatic carbocycles. The topological polar surface area (TPSA) is 18.5 Å².